The SMILES string of the molecule is CC(C)(C)ON(C=O)Cc1ccc(CON=C(C(=O)O)c2nsc(N)n2)cc1. The summed E-state index contributed by atoms with van der Waals surface area (Å²) in [5.41, 5.74) is 6.16. The molecule has 1 amide bonds. The van der Waals surface area contributed by atoms with Crippen LogP contribution in [0.4, 0.5) is 5.13 Å². The van der Waals surface area contributed by atoms with Gasteiger partial charge in [0.1, 0.15) is 6.61 Å². The maximum absolute atomic E-state index is 11.3. The monoisotopic (exact) mass is 407 g/mol. The van der Waals surface area contributed by atoms with Gasteiger partial charge in [0, 0.05) is 11.5 Å². The predicted molar refractivity (Wildman–Crippen MR) is 102 cm³/mol. The van der Waals surface area contributed by atoms with Crippen LogP contribution < -0.4 is 5.73 Å². The molecule has 0 saturated heterocycles. The van der Waals surface area contributed by atoms with Crippen molar-refractivity contribution >= 4 is 34.8 Å². The Hall–Kier alpha value is -3.05. The molecule has 2 rings (SSSR count). The summed E-state index contributed by atoms with van der Waals surface area (Å²) in [5, 5.41) is 14.1. The van der Waals surface area contributed by atoms with E-state index in [1.165, 1.54) is 5.06 Å². The van der Waals surface area contributed by atoms with E-state index in [4.69, 9.17) is 15.4 Å². The van der Waals surface area contributed by atoms with Crippen molar-refractivity contribution in [1.82, 2.24) is 14.4 Å². The molecule has 2 aromatic rings. The van der Waals surface area contributed by atoms with E-state index in [0.717, 1.165) is 22.7 Å². The van der Waals surface area contributed by atoms with Crippen LogP contribution in [-0.4, -0.2) is 43.2 Å². The fraction of sp³-hybridized carbons (Fsp3) is 0.353. The Morgan fingerprint density at radius 2 is 1.96 bits per heavy atom. The summed E-state index contributed by atoms with van der Waals surface area (Å²) in [6.45, 7) is 5.90. The van der Waals surface area contributed by atoms with Gasteiger partial charge in [0.05, 0.1) is 12.1 Å². The first-order valence-electron chi connectivity index (χ1n) is 8.19. The molecule has 0 radical (unpaired) electrons. The highest BCUT2D eigenvalue weighted by atomic mass is 32.1. The van der Waals surface area contributed by atoms with E-state index in [1.807, 2.05) is 32.9 Å². The molecule has 1 aromatic heterocycles. The molecule has 0 bridgehead atoms. The number of rotatable bonds is 9. The fourth-order valence-electron chi connectivity index (χ4n) is 2.04. The average molecular weight is 407 g/mol. The summed E-state index contributed by atoms with van der Waals surface area (Å²) in [4.78, 5) is 36.8. The van der Waals surface area contributed by atoms with Crippen LogP contribution in [0.1, 0.15) is 37.7 Å². The molecule has 3 N–H and O–H groups in total. The van der Waals surface area contributed by atoms with Crippen LogP contribution in [0.2, 0.25) is 0 Å². The normalized spacial score (nSPS) is 11.9. The molecular weight excluding hydrogens is 386 g/mol. The zero-order valence-electron chi connectivity index (χ0n) is 15.7. The highest BCUT2D eigenvalue weighted by molar-refractivity contribution is 7.09. The van der Waals surface area contributed by atoms with Crippen LogP contribution in [-0.2, 0) is 32.4 Å². The van der Waals surface area contributed by atoms with Gasteiger partial charge in [-0.3, -0.25) is 9.63 Å². The topological polar surface area (TPSA) is 140 Å². The van der Waals surface area contributed by atoms with E-state index in [2.05, 4.69) is 14.5 Å². The van der Waals surface area contributed by atoms with Gasteiger partial charge in [-0.2, -0.15) is 9.36 Å². The lowest BCUT2D eigenvalue weighted by Crippen LogP contribution is -2.32. The van der Waals surface area contributed by atoms with E-state index in [0.29, 0.717) is 13.0 Å². The molecule has 11 heteroatoms. The van der Waals surface area contributed by atoms with Gasteiger partial charge >= 0.3 is 5.97 Å². The van der Waals surface area contributed by atoms with Crippen molar-refractivity contribution in [3.05, 3.63) is 41.2 Å². The van der Waals surface area contributed by atoms with Crippen LogP contribution in [0, 0.1) is 0 Å². The Morgan fingerprint density at radius 1 is 1.32 bits per heavy atom. The molecule has 0 aliphatic carbocycles. The zero-order valence-corrected chi connectivity index (χ0v) is 16.5. The maximum atomic E-state index is 11.3. The first-order chi connectivity index (χ1) is 13.2. The number of aromatic nitrogens is 2. The Balaban J connectivity index is 1.96. The van der Waals surface area contributed by atoms with Gasteiger partial charge in [-0.1, -0.05) is 29.4 Å². The minimum absolute atomic E-state index is 0.0482. The number of carboxylic acid groups (broad SMARTS) is 1. The summed E-state index contributed by atoms with van der Waals surface area (Å²) in [7, 11) is 0. The number of hydrogen-bond acceptors (Lipinski definition) is 9. The molecule has 1 heterocycles. The minimum Gasteiger partial charge on any atom is -0.476 e. The lowest BCUT2D eigenvalue weighted by atomic mass is 10.1. The molecule has 0 aliphatic rings. The molecule has 0 unspecified atom stereocenters. The van der Waals surface area contributed by atoms with Crippen molar-refractivity contribution in [2.24, 2.45) is 5.16 Å². The molecular formula is C17H21N5O5S. The second kappa shape index (κ2) is 9.24. The van der Waals surface area contributed by atoms with E-state index in [9.17, 15) is 14.7 Å². The summed E-state index contributed by atoms with van der Waals surface area (Å²) >= 11 is 0.869. The number of nitrogens with two attached hydrogens (primary N) is 1. The molecule has 0 fully saturated rings. The van der Waals surface area contributed by atoms with Crippen molar-refractivity contribution in [1.29, 1.82) is 0 Å². The number of carbonyl (C=O) groups is 2. The smallest absolute Gasteiger partial charge is 0.362 e. The van der Waals surface area contributed by atoms with E-state index in [1.54, 1.807) is 12.1 Å². The summed E-state index contributed by atoms with van der Waals surface area (Å²) in [6, 6.07) is 7.19. The Labute approximate surface area is 165 Å². The van der Waals surface area contributed by atoms with Crippen molar-refractivity contribution in [2.45, 2.75) is 39.5 Å². The van der Waals surface area contributed by atoms with Crippen LogP contribution in [0.5, 0.6) is 0 Å². The Morgan fingerprint density at radius 3 is 2.46 bits per heavy atom. The number of hydrogen-bond donors (Lipinski definition) is 2. The standard InChI is InChI=1S/C17H21N5O5S/c1-17(2,3)27-22(10-23)8-11-4-6-12(7-5-11)9-26-20-13(15(24)25)14-19-16(18)28-21-14/h4-7,10H,8-9H2,1-3H3,(H,24,25)(H2,18,19,21). The third-order valence-corrected chi connectivity index (χ3v) is 3.66. The minimum atomic E-state index is -1.32. The number of nitrogen functional groups attached to an aromatic ring is 1. The van der Waals surface area contributed by atoms with E-state index in [-0.39, 0.29) is 17.6 Å². The molecule has 1 aromatic carbocycles. The first-order valence-corrected chi connectivity index (χ1v) is 8.97. The highest BCUT2D eigenvalue weighted by Crippen LogP contribution is 2.14. The maximum Gasteiger partial charge on any atom is 0.362 e. The van der Waals surface area contributed by atoms with Crippen LogP contribution in [0.15, 0.2) is 29.4 Å². The number of nitrogens with zero attached hydrogens (tertiary/aromatic N) is 4. The average Bonchev–Trinajstić information content (AvgIpc) is 3.04. The second-order valence-electron chi connectivity index (χ2n) is 6.68. The second-order valence-corrected chi connectivity index (χ2v) is 7.46. The largest absolute Gasteiger partial charge is 0.476 e. The van der Waals surface area contributed by atoms with Gasteiger partial charge in [-0.15, -0.1) is 0 Å². The van der Waals surface area contributed by atoms with Gasteiger partial charge in [0.2, 0.25) is 17.9 Å². The number of carboxylic acids is 1. The lowest BCUT2D eigenvalue weighted by molar-refractivity contribution is -0.220. The molecule has 0 atom stereocenters. The number of hydroxylamine groups is 2. The first kappa shape index (κ1) is 21.3. The molecule has 28 heavy (non-hydrogen) atoms. The number of benzene rings is 1. The van der Waals surface area contributed by atoms with Crippen LogP contribution >= 0.6 is 11.5 Å². The van der Waals surface area contributed by atoms with Crippen molar-refractivity contribution < 1.29 is 24.4 Å². The number of oxime groups is 1. The quantitative estimate of drug-likeness (QED) is 0.364. The van der Waals surface area contributed by atoms with Crippen LogP contribution in [0.25, 0.3) is 0 Å². The third-order valence-electron chi connectivity index (χ3n) is 3.11. The summed E-state index contributed by atoms with van der Waals surface area (Å²) in [6.07, 6.45) is 0.629. The molecule has 0 saturated carbocycles. The van der Waals surface area contributed by atoms with Crippen molar-refractivity contribution in [3.63, 3.8) is 0 Å². The van der Waals surface area contributed by atoms with Gasteiger partial charge in [-0.25, -0.2) is 9.86 Å². The lowest BCUT2D eigenvalue weighted by Gasteiger charge is -2.26. The summed E-state index contributed by atoms with van der Waals surface area (Å²) in [5.74, 6) is -1.42. The number of amides is 1. The number of aliphatic carboxylic acids is 1. The van der Waals surface area contributed by atoms with Crippen molar-refractivity contribution in [3.8, 4) is 0 Å². The third kappa shape index (κ3) is 6.59. The fourth-order valence-corrected chi connectivity index (χ4v) is 2.48. The van der Waals surface area contributed by atoms with Gasteiger partial charge < -0.3 is 15.7 Å². The molecule has 150 valence electrons. The van der Waals surface area contributed by atoms with Gasteiger partial charge in [0.25, 0.3) is 0 Å². The van der Waals surface area contributed by atoms with Crippen LogP contribution in [0.3, 0.4) is 0 Å². The van der Waals surface area contributed by atoms with Crippen molar-refractivity contribution in [2.75, 3.05) is 5.73 Å². The van der Waals surface area contributed by atoms with Gasteiger partial charge in [-0.05, 0) is 31.9 Å². The number of anilines is 1. The van der Waals surface area contributed by atoms with E-state index < -0.39 is 17.3 Å². The number of carbonyl (C=O) groups excluding carboxylic acids is 1. The highest BCUT2D eigenvalue weighted by Gasteiger charge is 2.19. The molecule has 0 spiro atoms. The summed E-state index contributed by atoms with van der Waals surface area (Å²) < 4.78 is 3.80. The Bertz CT molecular complexity index is 844. The predicted octanol–water partition coefficient (Wildman–Crippen LogP) is 1.81. The Kier molecular flexibility index (Phi) is 7.01. The zero-order chi connectivity index (χ0) is 20.7. The van der Waals surface area contributed by atoms with Gasteiger partial charge in [0.15, 0.2) is 5.13 Å². The molecule has 10 nitrogen and oxygen atoms in total. The molecule has 0 aliphatic heterocycles. The van der Waals surface area contributed by atoms with E-state index >= 15 is 0 Å².